The highest BCUT2D eigenvalue weighted by Gasteiger charge is 2.23. The van der Waals surface area contributed by atoms with Gasteiger partial charge in [0.15, 0.2) is 0 Å². The van der Waals surface area contributed by atoms with Gasteiger partial charge in [0.2, 0.25) is 5.91 Å². The largest absolute Gasteiger partial charge is 0.444 e. The Morgan fingerprint density at radius 2 is 1.79 bits per heavy atom. The van der Waals surface area contributed by atoms with E-state index >= 15 is 0 Å². The van der Waals surface area contributed by atoms with E-state index < -0.39 is 11.7 Å². The van der Waals surface area contributed by atoms with Crippen molar-refractivity contribution in [2.24, 2.45) is 0 Å². The molecule has 0 aromatic heterocycles. The highest BCUT2D eigenvalue weighted by molar-refractivity contribution is 5.82. The molecule has 7 heteroatoms. The maximum absolute atomic E-state index is 13.8. The number of hydrogen-bond acceptors (Lipinski definition) is 4. The molecular formula is C17H24FN3O3. The summed E-state index contributed by atoms with van der Waals surface area (Å²) in [6.07, 6.45) is -0.610. The van der Waals surface area contributed by atoms with E-state index in [1.54, 1.807) is 43.9 Å². The number of nitrogens with one attached hydrogen (secondary N) is 1. The molecule has 1 aliphatic heterocycles. The lowest BCUT2D eigenvalue weighted by Crippen LogP contribution is -2.51. The van der Waals surface area contributed by atoms with E-state index in [-0.39, 0.29) is 18.3 Å². The normalized spacial score (nSPS) is 15.2. The van der Waals surface area contributed by atoms with Gasteiger partial charge in [0, 0.05) is 26.2 Å². The second-order valence-corrected chi connectivity index (χ2v) is 6.67. The third-order valence-corrected chi connectivity index (χ3v) is 3.61. The van der Waals surface area contributed by atoms with Crippen LogP contribution in [0, 0.1) is 5.82 Å². The maximum Gasteiger partial charge on any atom is 0.408 e. The molecule has 1 N–H and O–H groups in total. The van der Waals surface area contributed by atoms with Gasteiger partial charge in [0.05, 0.1) is 5.69 Å². The number of para-hydroxylation sites is 1. The minimum absolute atomic E-state index is 0.103. The Bertz CT molecular complexity index is 593. The van der Waals surface area contributed by atoms with E-state index in [4.69, 9.17) is 4.74 Å². The molecule has 1 saturated heterocycles. The summed E-state index contributed by atoms with van der Waals surface area (Å²) >= 11 is 0. The minimum Gasteiger partial charge on any atom is -0.444 e. The highest BCUT2D eigenvalue weighted by Crippen LogP contribution is 2.20. The molecule has 132 valence electrons. The zero-order valence-corrected chi connectivity index (χ0v) is 14.3. The Hall–Kier alpha value is -2.31. The van der Waals surface area contributed by atoms with Gasteiger partial charge in [0.25, 0.3) is 0 Å². The standard InChI is InChI=1S/C17H24FN3O3/c1-17(2,3)24-16(23)19-12-15(22)21-10-8-20(9-11-21)14-7-5-4-6-13(14)18/h4-7H,8-12H2,1-3H3,(H,19,23). The maximum atomic E-state index is 13.8. The van der Waals surface area contributed by atoms with Crippen molar-refractivity contribution < 1.29 is 18.7 Å². The topological polar surface area (TPSA) is 61.9 Å². The van der Waals surface area contributed by atoms with E-state index in [1.807, 2.05) is 4.90 Å². The smallest absolute Gasteiger partial charge is 0.408 e. The van der Waals surface area contributed by atoms with E-state index in [2.05, 4.69) is 5.32 Å². The number of halogens is 1. The van der Waals surface area contributed by atoms with Gasteiger partial charge in [-0.15, -0.1) is 0 Å². The SMILES string of the molecule is CC(C)(C)OC(=O)NCC(=O)N1CCN(c2ccccc2F)CC1. The summed E-state index contributed by atoms with van der Waals surface area (Å²) in [6.45, 7) is 7.27. The van der Waals surface area contributed by atoms with Crippen LogP contribution in [0.25, 0.3) is 0 Å². The van der Waals surface area contributed by atoms with Crippen molar-refractivity contribution in [3.05, 3.63) is 30.1 Å². The lowest BCUT2D eigenvalue weighted by Gasteiger charge is -2.36. The number of alkyl carbamates (subject to hydrolysis) is 1. The molecule has 1 aromatic rings. The molecular weight excluding hydrogens is 313 g/mol. The van der Waals surface area contributed by atoms with Gasteiger partial charge in [-0.05, 0) is 32.9 Å². The molecule has 24 heavy (non-hydrogen) atoms. The van der Waals surface area contributed by atoms with Crippen LogP contribution in [0.3, 0.4) is 0 Å². The van der Waals surface area contributed by atoms with Crippen molar-refractivity contribution in [3.63, 3.8) is 0 Å². The first-order chi connectivity index (χ1) is 11.3. The summed E-state index contributed by atoms with van der Waals surface area (Å²) < 4.78 is 18.9. The first kappa shape index (κ1) is 18.0. The monoisotopic (exact) mass is 337 g/mol. The first-order valence-corrected chi connectivity index (χ1v) is 8.00. The average molecular weight is 337 g/mol. The minimum atomic E-state index is -0.610. The van der Waals surface area contributed by atoms with Crippen LogP contribution in [0.5, 0.6) is 0 Å². The van der Waals surface area contributed by atoms with Gasteiger partial charge in [-0.2, -0.15) is 0 Å². The summed E-state index contributed by atoms with van der Waals surface area (Å²) in [5.74, 6) is -0.432. The van der Waals surface area contributed by atoms with Crippen molar-refractivity contribution in [1.29, 1.82) is 0 Å². The second-order valence-electron chi connectivity index (χ2n) is 6.67. The molecule has 0 radical (unpaired) electrons. The Kier molecular flexibility index (Phi) is 5.64. The fraction of sp³-hybridized carbons (Fsp3) is 0.529. The van der Waals surface area contributed by atoms with E-state index in [9.17, 15) is 14.0 Å². The average Bonchev–Trinajstić information content (AvgIpc) is 2.52. The van der Waals surface area contributed by atoms with Gasteiger partial charge < -0.3 is 19.9 Å². The lowest BCUT2D eigenvalue weighted by atomic mass is 10.2. The molecule has 1 aromatic carbocycles. The van der Waals surface area contributed by atoms with Crippen LogP contribution < -0.4 is 10.2 Å². The van der Waals surface area contributed by atoms with Gasteiger partial charge in [0.1, 0.15) is 18.0 Å². The summed E-state index contributed by atoms with van der Waals surface area (Å²) in [4.78, 5) is 27.3. The van der Waals surface area contributed by atoms with Crippen LogP contribution in [0.15, 0.2) is 24.3 Å². The van der Waals surface area contributed by atoms with Crippen LogP contribution in [0.4, 0.5) is 14.9 Å². The van der Waals surface area contributed by atoms with Crippen molar-refractivity contribution in [2.75, 3.05) is 37.6 Å². The van der Waals surface area contributed by atoms with Gasteiger partial charge in [-0.1, -0.05) is 12.1 Å². The van der Waals surface area contributed by atoms with Crippen molar-refractivity contribution >= 4 is 17.7 Å². The molecule has 2 amide bonds. The first-order valence-electron chi connectivity index (χ1n) is 8.00. The van der Waals surface area contributed by atoms with Crippen LogP contribution >= 0.6 is 0 Å². The molecule has 6 nitrogen and oxygen atoms in total. The quantitative estimate of drug-likeness (QED) is 0.916. The number of amides is 2. The number of benzene rings is 1. The van der Waals surface area contributed by atoms with Gasteiger partial charge in [-0.25, -0.2) is 9.18 Å². The molecule has 0 aliphatic carbocycles. The predicted octanol–water partition coefficient (Wildman–Crippen LogP) is 2.00. The second kappa shape index (κ2) is 7.51. The van der Waals surface area contributed by atoms with Crippen LogP contribution in [-0.2, 0) is 9.53 Å². The Labute approximate surface area is 141 Å². The third-order valence-electron chi connectivity index (χ3n) is 3.61. The van der Waals surface area contributed by atoms with Crippen LogP contribution in [-0.4, -0.2) is 55.2 Å². The van der Waals surface area contributed by atoms with E-state index in [0.29, 0.717) is 31.9 Å². The fourth-order valence-corrected chi connectivity index (χ4v) is 2.48. The van der Waals surface area contributed by atoms with Crippen molar-refractivity contribution in [3.8, 4) is 0 Å². The Morgan fingerprint density at radius 1 is 1.17 bits per heavy atom. The molecule has 0 atom stereocenters. The van der Waals surface area contributed by atoms with Crippen molar-refractivity contribution in [2.45, 2.75) is 26.4 Å². The Balaban J connectivity index is 1.79. The predicted molar refractivity (Wildman–Crippen MR) is 89.4 cm³/mol. The lowest BCUT2D eigenvalue weighted by molar-refractivity contribution is -0.130. The molecule has 0 spiro atoms. The summed E-state index contributed by atoms with van der Waals surface area (Å²) in [5, 5.41) is 2.46. The number of piperazine rings is 1. The number of nitrogens with zero attached hydrogens (tertiary/aromatic N) is 2. The van der Waals surface area contributed by atoms with Crippen LogP contribution in [0.2, 0.25) is 0 Å². The number of anilines is 1. The molecule has 0 saturated carbocycles. The Morgan fingerprint density at radius 3 is 2.38 bits per heavy atom. The summed E-state index contributed by atoms with van der Waals surface area (Å²) in [7, 11) is 0. The number of hydrogen-bond donors (Lipinski definition) is 1. The number of rotatable bonds is 3. The number of carbonyl (C=O) groups is 2. The molecule has 1 heterocycles. The third kappa shape index (κ3) is 5.11. The fourth-order valence-electron chi connectivity index (χ4n) is 2.48. The van der Waals surface area contributed by atoms with Crippen LogP contribution in [0.1, 0.15) is 20.8 Å². The van der Waals surface area contributed by atoms with E-state index in [1.165, 1.54) is 6.07 Å². The summed E-state index contributed by atoms with van der Waals surface area (Å²) in [5.41, 5.74) is -0.0464. The zero-order valence-electron chi connectivity index (χ0n) is 14.3. The molecule has 0 bridgehead atoms. The molecule has 1 aliphatic rings. The molecule has 0 unspecified atom stereocenters. The van der Waals surface area contributed by atoms with E-state index in [0.717, 1.165) is 0 Å². The zero-order chi connectivity index (χ0) is 17.7. The molecule has 1 fully saturated rings. The van der Waals surface area contributed by atoms with Gasteiger partial charge in [-0.3, -0.25) is 4.79 Å². The van der Waals surface area contributed by atoms with Crippen molar-refractivity contribution in [1.82, 2.24) is 10.2 Å². The number of ether oxygens (including phenoxy) is 1. The van der Waals surface area contributed by atoms with Gasteiger partial charge >= 0.3 is 6.09 Å². The number of carbonyl (C=O) groups excluding carboxylic acids is 2. The highest BCUT2D eigenvalue weighted by atomic mass is 19.1. The summed E-state index contributed by atoms with van der Waals surface area (Å²) in [6, 6.07) is 6.61. The molecule has 2 rings (SSSR count).